The van der Waals surface area contributed by atoms with Gasteiger partial charge in [0.25, 0.3) is 0 Å². The van der Waals surface area contributed by atoms with E-state index < -0.39 is 5.97 Å². The number of hydrogen-bond acceptors (Lipinski definition) is 2. The van der Waals surface area contributed by atoms with Gasteiger partial charge in [0.2, 0.25) is 0 Å². The zero-order valence-corrected chi connectivity index (χ0v) is 12.5. The molecule has 22 heavy (non-hydrogen) atoms. The SMILES string of the molecule is CC(COCc1ccc(F)cc1)Cc1cccc(C(=O)O)c1. The largest absolute Gasteiger partial charge is 0.478 e. The molecule has 116 valence electrons. The molecule has 1 N–H and O–H groups in total. The van der Waals surface area contributed by atoms with Crippen LogP contribution in [0.1, 0.15) is 28.4 Å². The maximum absolute atomic E-state index is 12.8. The van der Waals surface area contributed by atoms with Gasteiger partial charge in [-0.1, -0.05) is 31.2 Å². The highest BCUT2D eigenvalue weighted by Gasteiger charge is 2.07. The van der Waals surface area contributed by atoms with E-state index in [0.717, 1.165) is 17.5 Å². The summed E-state index contributed by atoms with van der Waals surface area (Å²) in [5.41, 5.74) is 2.22. The molecule has 2 rings (SSSR count). The third-order valence-corrected chi connectivity index (χ3v) is 3.34. The second-order valence-electron chi connectivity index (χ2n) is 5.46. The van der Waals surface area contributed by atoms with Crippen LogP contribution in [0.2, 0.25) is 0 Å². The maximum Gasteiger partial charge on any atom is 0.335 e. The number of halogens is 1. The van der Waals surface area contributed by atoms with Gasteiger partial charge in [-0.15, -0.1) is 0 Å². The highest BCUT2D eigenvalue weighted by molar-refractivity contribution is 5.87. The lowest BCUT2D eigenvalue weighted by Crippen LogP contribution is -2.09. The van der Waals surface area contributed by atoms with Crippen molar-refractivity contribution in [3.05, 3.63) is 71.0 Å². The summed E-state index contributed by atoms with van der Waals surface area (Å²) in [5.74, 6) is -0.901. The van der Waals surface area contributed by atoms with Gasteiger partial charge in [-0.3, -0.25) is 0 Å². The Morgan fingerprint density at radius 3 is 2.59 bits per heavy atom. The molecule has 0 bridgehead atoms. The van der Waals surface area contributed by atoms with Gasteiger partial charge in [0.05, 0.1) is 12.2 Å². The second kappa shape index (κ2) is 7.71. The lowest BCUT2D eigenvalue weighted by atomic mass is 10.0. The predicted octanol–water partition coefficient (Wildman–Crippen LogP) is 3.92. The van der Waals surface area contributed by atoms with Crippen molar-refractivity contribution in [2.45, 2.75) is 20.0 Å². The third-order valence-electron chi connectivity index (χ3n) is 3.34. The summed E-state index contributed by atoms with van der Waals surface area (Å²) in [6, 6.07) is 13.2. The Labute approximate surface area is 129 Å². The lowest BCUT2D eigenvalue weighted by molar-refractivity contribution is 0.0696. The number of carbonyl (C=O) groups is 1. The number of benzene rings is 2. The average Bonchev–Trinajstić information content (AvgIpc) is 2.49. The Balaban J connectivity index is 1.80. The summed E-state index contributed by atoms with van der Waals surface area (Å²) in [4.78, 5) is 10.9. The van der Waals surface area contributed by atoms with Crippen molar-refractivity contribution in [3.63, 3.8) is 0 Å². The Morgan fingerprint density at radius 1 is 1.18 bits per heavy atom. The summed E-state index contributed by atoms with van der Waals surface area (Å²) >= 11 is 0. The molecule has 0 spiro atoms. The number of rotatable bonds is 7. The Bertz CT molecular complexity index is 622. The van der Waals surface area contributed by atoms with Gasteiger partial charge in [-0.05, 0) is 47.7 Å². The highest BCUT2D eigenvalue weighted by Crippen LogP contribution is 2.12. The molecule has 0 amide bonds. The zero-order chi connectivity index (χ0) is 15.9. The van der Waals surface area contributed by atoms with Crippen molar-refractivity contribution >= 4 is 5.97 Å². The molecule has 0 aliphatic heterocycles. The first-order valence-corrected chi connectivity index (χ1v) is 7.19. The van der Waals surface area contributed by atoms with Crippen LogP contribution in [0.4, 0.5) is 4.39 Å². The number of carboxylic acid groups (broad SMARTS) is 1. The van der Waals surface area contributed by atoms with Crippen LogP contribution in [0, 0.1) is 11.7 Å². The highest BCUT2D eigenvalue weighted by atomic mass is 19.1. The molecule has 0 aliphatic rings. The van der Waals surface area contributed by atoms with E-state index in [1.807, 2.05) is 6.07 Å². The van der Waals surface area contributed by atoms with Crippen molar-refractivity contribution in [1.82, 2.24) is 0 Å². The summed E-state index contributed by atoms with van der Waals surface area (Å²) < 4.78 is 18.4. The topological polar surface area (TPSA) is 46.5 Å². The van der Waals surface area contributed by atoms with Gasteiger partial charge >= 0.3 is 5.97 Å². The minimum atomic E-state index is -0.915. The van der Waals surface area contributed by atoms with Crippen molar-refractivity contribution < 1.29 is 19.0 Å². The first-order chi connectivity index (χ1) is 10.5. The van der Waals surface area contributed by atoms with Crippen LogP contribution in [0.5, 0.6) is 0 Å². The summed E-state index contributed by atoms with van der Waals surface area (Å²) in [6.45, 7) is 3.06. The van der Waals surface area contributed by atoms with Crippen molar-refractivity contribution in [2.75, 3.05) is 6.61 Å². The fourth-order valence-corrected chi connectivity index (χ4v) is 2.25. The van der Waals surface area contributed by atoms with Crippen LogP contribution in [-0.4, -0.2) is 17.7 Å². The summed E-state index contributed by atoms with van der Waals surface area (Å²) in [5, 5.41) is 8.98. The minimum absolute atomic E-state index is 0.254. The molecule has 0 heterocycles. The second-order valence-corrected chi connectivity index (χ2v) is 5.46. The normalized spacial score (nSPS) is 12.1. The number of aromatic carboxylic acids is 1. The van der Waals surface area contributed by atoms with Gasteiger partial charge in [-0.2, -0.15) is 0 Å². The van der Waals surface area contributed by atoms with Crippen LogP contribution >= 0.6 is 0 Å². The molecular formula is C18H19FO3. The molecular weight excluding hydrogens is 283 g/mol. The van der Waals surface area contributed by atoms with E-state index in [0.29, 0.717) is 18.8 Å². The number of hydrogen-bond donors (Lipinski definition) is 1. The molecule has 0 aliphatic carbocycles. The molecule has 0 aromatic heterocycles. The number of carboxylic acids is 1. The average molecular weight is 302 g/mol. The van der Waals surface area contributed by atoms with Crippen LogP contribution < -0.4 is 0 Å². The molecule has 1 atom stereocenters. The van der Waals surface area contributed by atoms with Gasteiger partial charge in [0.15, 0.2) is 0 Å². The van der Waals surface area contributed by atoms with Gasteiger partial charge in [-0.25, -0.2) is 9.18 Å². The van der Waals surface area contributed by atoms with Crippen molar-refractivity contribution in [3.8, 4) is 0 Å². The minimum Gasteiger partial charge on any atom is -0.478 e. The van der Waals surface area contributed by atoms with Crippen LogP contribution in [0.15, 0.2) is 48.5 Å². The fraction of sp³-hybridized carbons (Fsp3) is 0.278. The van der Waals surface area contributed by atoms with E-state index in [1.165, 1.54) is 12.1 Å². The van der Waals surface area contributed by atoms with Crippen molar-refractivity contribution in [1.29, 1.82) is 0 Å². The summed E-state index contributed by atoms with van der Waals surface area (Å²) in [7, 11) is 0. The zero-order valence-electron chi connectivity index (χ0n) is 12.5. The quantitative estimate of drug-likeness (QED) is 0.843. The predicted molar refractivity (Wildman–Crippen MR) is 82.3 cm³/mol. The number of ether oxygens (including phenoxy) is 1. The molecule has 0 radical (unpaired) electrons. The van der Waals surface area contributed by atoms with Gasteiger partial charge < -0.3 is 9.84 Å². The van der Waals surface area contributed by atoms with Gasteiger partial charge in [0, 0.05) is 6.61 Å². The Kier molecular flexibility index (Phi) is 5.67. The van der Waals surface area contributed by atoms with E-state index in [4.69, 9.17) is 9.84 Å². The van der Waals surface area contributed by atoms with Crippen LogP contribution in [-0.2, 0) is 17.8 Å². The standard InChI is InChI=1S/C18H19FO3/c1-13(9-15-3-2-4-16(10-15)18(20)21)11-22-12-14-5-7-17(19)8-6-14/h2-8,10,13H,9,11-12H2,1H3,(H,20,21). The molecule has 4 heteroatoms. The molecule has 2 aromatic rings. The van der Waals surface area contributed by atoms with E-state index in [1.54, 1.807) is 30.3 Å². The van der Waals surface area contributed by atoms with Gasteiger partial charge in [0.1, 0.15) is 5.82 Å². The molecule has 0 fully saturated rings. The maximum atomic E-state index is 12.8. The van der Waals surface area contributed by atoms with E-state index in [2.05, 4.69) is 6.92 Å². The van der Waals surface area contributed by atoms with E-state index >= 15 is 0 Å². The Hall–Kier alpha value is -2.20. The van der Waals surface area contributed by atoms with E-state index in [-0.39, 0.29) is 11.7 Å². The summed E-state index contributed by atoms with van der Waals surface area (Å²) in [6.07, 6.45) is 0.755. The van der Waals surface area contributed by atoms with Crippen molar-refractivity contribution in [2.24, 2.45) is 5.92 Å². The molecule has 1 unspecified atom stereocenters. The molecule has 2 aromatic carbocycles. The lowest BCUT2D eigenvalue weighted by Gasteiger charge is -2.12. The fourth-order valence-electron chi connectivity index (χ4n) is 2.25. The van der Waals surface area contributed by atoms with Crippen LogP contribution in [0.3, 0.4) is 0 Å². The van der Waals surface area contributed by atoms with E-state index in [9.17, 15) is 9.18 Å². The monoisotopic (exact) mass is 302 g/mol. The third kappa shape index (κ3) is 4.97. The van der Waals surface area contributed by atoms with Crippen LogP contribution in [0.25, 0.3) is 0 Å². The first kappa shape index (κ1) is 16.2. The smallest absolute Gasteiger partial charge is 0.335 e. The molecule has 0 saturated carbocycles. The molecule has 3 nitrogen and oxygen atoms in total. The first-order valence-electron chi connectivity index (χ1n) is 7.19. The molecule has 0 saturated heterocycles. The Morgan fingerprint density at radius 2 is 1.91 bits per heavy atom.